The first-order chi connectivity index (χ1) is 14.2. The van der Waals surface area contributed by atoms with Gasteiger partial charge in [0.2, 0.25) is 0 Å². The molecule has 0 aliphatic heterocycles. The predicted molar refractivity (Wildman–Crippen MR) is 114 cm³/mol. The number of carbonyl (C=O) groups is 2. The van der Waals surface area contributed by atoms with Crippen molar-refractivity contribution in [3.63, 3.8) is 0 Å². The van der Waals surface area contributed by atoms with Crippen molar-refractivity contribution in [2.45, 2.75) is 71.1 Å². The van der Waals surface area contributed by atoms with Crippen molar-refractivity contribution in [3.05, 3.63) is 35.9 Å². The van der Waals surface area contributed by atoms with Crippen LogP contribution in [0.5, 0.6) is 0 Å². The van der Waals surface area contributed by atoms with Crippen molar-refractivity contribution < 1.29 is 19.1 Å². The third-order valence-corrected chi connectivity index (χ3v) is 6.90. The summed E-state index contributed by atoms with van der Waals surface area (Å²) >= 11 is 0. The Morgan fingerprint density at radius 1 is 1.03 bits per heavy atom. The van der Waals surface area contributed by atoms with Gasteiger partial charge in [0.1, 0.15) is 12.2 Å². The number of hydrogen-bond donors (Lipinski definition) is 2. The van der Waals surface area contributed by atoms with Crippen LogP contribution in [0, 0.1) is 23.2 Å². The van der Waals surface area contributed by atoms with Crippen LogP contribution in [0.25, 0.3) is 0 Å². The maximum Gasteiger partial charge on any atom is 0.407 e. The van der Waals surface area contributed by atoms with Crippen LogP contribution in [0.15, 0.2) is 30.3 Å². The van der Waals surface area contributed by atoms with Gasteiger partial charge < -0.3 is 20.1 Å². The van der Waals surface area contributed by atoms with Crippen LogP contribution in [0.1, 0.15) is 58.4 Å². The van der Waals surface area contributed by atoms with Crippen molar-refractivity contribution in [3.8, 4) is 0 Å². The van der Waals surface area contributed by atoms with E-state index in [9.17, 15) is 9.59 Å². The summed E-state index contributed by atoms with van der Waals surface area (Å²) in [6.07, 6.45) is 4.92. The Morgan fingerprint density at radius 3 is 2.33 bits per heavy atom. The Morgan fingerprint density at radius 2 is 1.70 bits per heavy atom. The monoisotopic (exact) mass is 414 g/mol. The quantitative estimate of drug-likeness (QED) is 0.736. The molecule has 4 aliphatic rings. The zero-order chi connectivity index (χ0) is 21.4. The van der Waals surface area contributed by atoms with Gasteiger partial charge in [-0.25, -0.2) is 9.59 Å². The van der Waals surface area contributed by atoms with Gasteiger partial charge in [0.25, 0.3) is 0 Å². The molecular formula is C24H34N2O4. The Kier molecular flexibility index (Phi) is 5.69. The van der Waals surface area contributed by atoms with Crippen molar-refractivity contribution in [2.75, 3.05) is 6.54 Å². The van der Waals surface area contributed by atoms with Crippen molar-refractivity contribution in [1.82, 2.24) is 10.6 Å². The first-order valence-electron chi connectivity index (χ1n) is 11.2. The second kappa shape index (κ2) is 8.12. The third-order valence-electron chi connectivity index (χ3n) is 6.90. The summed E-state index contributed by atoms with van der Waals surface area (Å²) in [5, 5.41) is 6.19. The summed E-state index contributed by atoms with van der Waals surface area (Å²) in [6.45, 7) is 6.61. The molecule has 6 nitrogen and oxygen atoms in total. The number of alkyl carbamates (subject to hydrolysis) is 2. The molecular weight excluding hydrogens is 380 g/mol. The summed E-state index contributed by atoms with van der Waals surface area (Å²) in [5.74, 6) is 1.62. The van der Waals surface area contributed by atoms with Crippen LogP contribution in [0.4, 0.5) is 9.59 Å². The molecule has 3 unspecified atom stereocenters. The number of rotatable bonds is 5. The highest BCUT2D eigenvalue weighted by Gasteiger charge is 2.55. The first kappa shape index (κ1) is 21.0. The SMILES string of the molecule is CC(C)(C)OC(=O)NC1[C@@H]2CC3C[C@H]1CC(CNC(=O)OCc1ccccc1)(C3)C2. The number of ether oxygens (including phenoxy) is 2. The molecule has 2 N–H and O–H groups in total. The van der Waals surface area contributed by atoms with E-state index < -0.39 is 5.60 Å². The number of nitrogens with one attached hydrogen (secondary N) is 2. The van der Waals surface area contributed by atoms with Crippen LogP contribution in [-0.4, -0.2) is 30.4 Å². The van der Waals surface area contributed by atoms with E-state index >= 15 is 0 Å². The lowest BCUT2D eigenvalue weighted by atomic mass is 9.48. The van der Waals surface area contributed by atoms with Crippen LogP contribution in [-0.2, 0) is 16.1 Å². The number of carbonyl (C=O) groups excluding carboxylic acids is 2. The van der Waals surface area contributed by atoms with Gasteiger partial charge in [-0.2, -0.15) is 0 Å². The summed E-state index contributed by atoms with van der Waals surface area (Å²) in [7, 11) is 0. The largest absolute Gasteiger partial charge is 0.445 e. The number of benzene rings is 1. The summed E-state index contributed by atoms with van der Waals surface area (Å²) in [6, 6.07) is 9.91. The highest BCUT2D eigenvalue weighted by Crippen LogP contribution is 2.59. The van der Waals surface area contributed by atoms with Crippen molar-refractivity contribution in [2.24, 2.45) is 23.2 Å². The number of hydrogen-bond acceptors (Lipinski definition) is 4. The first-order valence-corrected chi connectivity index (χ1v) is 11.2. The second-order valence-electron chi connectivity index (χ2n) is 10.6. The molecule has 4 saturated carbocycles. The molecule has 0 radical (unpaired) electrons. The van der Waals surface area contributed by atoms with E-state index in [1.54, 1.807) is 0 Å². The normalized spacial score (nSPS) is 31.8. The smallest absolute Gasteiger partial charge is 0.407 e. The molecule has 4 aliphatic carbocycles. The summed E-state index contributed by atoms with van der Waals surface area (Å²) in [4.78, 5) is 24.6. The van der Waals surface area contributed by atoms with E-state index in [1.807, 2.05) is 51.1 Å². The lowest BCUT2D eigenvalue weighted by Gasteiger charge is -2.60. The molecule has 2 amide bonds. The molecule has 4 bridgehead atoms. The average molecular weight is 415 g/mol. The van der Waals surface area contributed by atoms with Gasteiger partial charge in [-0.1, -0.05) is 30.3 Å². The molecule has 5 rings (SSSR count). The molecule has 0 aromatic heterocycles. The van der Waals surface area contributed by atoms with Crippen LogP contribution < -0.4 is 10.6 Å². The lowest BCUT2D eigenvalue weighted by Crippen LogP contribution is -2.61. The van der Waals surface area contributed by atoms with Crippen LogP contribution in [0.3, 0.4) is 0 Å². The van der Waals surface area contributed by atoms with Gasteiger partial charge in [0.15, 0.2) is 0 Å². The minimum atomic E-state index is -0.485. The molecule has 1 aromatic carbocycles. The fraction of sp³-hybridized carbons (Fsp3) is 0.667. The minimum absolute atomic E-state index is 0.133. The molecule has 1 aromatic rings. The topological polar surface area (TPSA) is 76.7 Å². The van der Waals surface area contributed by atoms with E-state index in [2.05, 4.69) is 10.6 Å². The average Bonchev–Trinajstić information content (AvgIpc) is 2.66. The van der Waals surface area contributed by atoms with Gasteiger partial charge in [0.05, 0.1) is 0 Å². The Bertz CT molecular complexity index is 757. The molecule has 0 spiro atoms. The van der Waals surface area contributed by atoms with E-state index in [0.717, 1.165) is 37.7 Å². The van der Waals surface area contributed by atoms with E-state index in [1.165, 1.54) is 0 Å². The number of amides is 2. The fourth-order valence-corrected chi connectivity index (χ4v) is 6.12. The third kappa shape index (κ3) is 4.90. The highest BCUT2D eigenvalue weighted by atomic mass is 16.6. The van der Waals surface area contributed by atoms with Gasteiger partial charge in [-0.15, -0.1) is 0 Å². The van der Waals surface area contributed by atoms with Crippen molar-refractivity contribution in [1.29, 1.82) is 0 Å². The van der Waals surface area contributed by atoms with Gasteiger partial charge in [-0.3, -0.25) is 0 Å². The maximum atomic E-state index is 12.3. The summed E-state index contributed by atoms with van der Waals surface area (Å²) in [5.41, 5.74) is 0.633. The van der Waals surface area contributed by atoms with Crippen LogP contribution in [0.2, 0.25) is 0 Å². The summed E-state index contributed by atoms with van der Waals surface area (Å²) < 4.78 is 10.9. The Labute approximate surface area is 179 Å². The fourth-order valence-electron chi connectivity index (χ4n) is 6.12. The van der Waals surface area contributed by atoms with Crippen molar-refractivity contribution >= 4 is 12.2 Å². The zero-order valence-electron chi connectivity index (χ0n) is 18.3. The van der Waals surface area contributed by atoms with E-state index in [0.29, 0.717) is 24.3 Å². The Hall–Kier alpha value is -2.24. The molecule has 4 fully saturated rings. The molecule has 164 valence electrons. The van der Waals surface area contributed by atoms with Gasteiger partial charge >= 0.3 is 12.2 Å². The molecule has 0 heterocycles. The predicted octanol–water partition coefficient (Wildman–Crippen LogP) is 4.63. The van der Waals surface area contributed by atoms with E-state index in [-0.39, 0.29) is 30.3 Å². The second-order valence-corrected chi connectivity index (χ2v) is 10.6. The van der Waals surface area contributed by atoms with Crippen LogP contribution >= 0.6 is 0 Å². The lowest BCUT2D eigenvalue weighted by molar-refractivity contribution is -0.0753. The zero-order valence-corrected chi connectivity index (χ0v) is 18.3. The van der Waals surface area contributed by atoms with E-state index in [4.69, 9.17) is 9.47 Å². The van der Waals surface area contributed by atoms with Gasteiger partial charge in [0, 0.05) is 12.6 Å². The standard InChI is InChI=1S/C24H34N2O4/c1-23(2,3)30-22(28)26-20-18-9-17-10-19(20)13-24(11-17,12-18)15-25-21(27)29-14-16-7-5-4-6-8-16/h4-8,17-20H,9-15H2,1-3H3,(H,25,27)(H,26,28)/t17?,18-,19+,20?,24?. The Balaban J connectivity index is 1.30. The van der Waals surface area contributed by atoms with Gasteiger partial charge in [-0.05, 0) is 81.6 Å². The molecule has 0 saturated heterocycles. The molecule has 30 heavy (non-hydrogen) atoms. The highest BCUT2D eigenvalue weighted by molar-refractivity contribution is 5.68. The molecule has 5 atom stereocenters. The minimum Gasteiger partial charge on any atom is -0.445 e. The maximum absolute atomic E-state index is 12.3. The molecule has 6 heteroatoms.